The van der Waals surface area contributed by atoms with Crippen LogP contribution >= 0.6 is 12.1 Å². The molecule has 2 aliphatic rings. The highest BCUT2D eigenvalue weighted by Crippen LogP contribution is 2.34. The summed E-state index contributed by atoms with van der Waals surface area (Å²) in [6.45, 7) is 2.26. The monoisotopic (exact) mass is 495 g/mol. The van der Waals surface area contributed by atoms with Crippen LogP contribution in [0, 0.1) is 11.7 Å². The van der Waals surface area contributed by atoms with Crippen molar-refractivity contribution in [2.75, 3.05) is 40.0 Å². The van der Waals surface area contributed by atoms with Crippen molar-refractivity contribution in [3.63, 3.8) is 0 Å². The molecule has 0 radical (unpaired) electrons. The molecule has 1 aromatic carbocycles. The number of nitrogens with zero attached hydrogens (tertiary/aromatic N) is 2. The van der Waals surface area contributed by atoms with E-state index in [4.69, 9.17) is 16.2 Å². The Morgan fingerprint density at radius 2 is 2.09 bits per heavy atom. The molecule has 5 N–H and O–H groups in total. The van der Waals surface area contributed by atoms with Gasteiger partial charge in [0.1, 0.15) is 12.5 Å². The highest BCUT2D eigenvalue weighted by molar-refractivity contribution is 7.95. The third-order valence-corrected chi connectivity index (χ3v) is 7.68. The summed E-state index contributed by atoms with van der Waals surface area (Å²) in [5, 5.41) is 0. The van der Waals surface area contributed by atoms with Gasteiger partial charge in [-0.05, 0) is 81.1 Å². The first-order valence-corrected chi connectivity index (χ1v) is 12.9. The zero-order chi connectivity index (χ0) is 24.3. The van der Waals surface area contributed by atoms with Crippen LogP contribution in [0.15, 0.2) is 48.4 Å². The van der Waals surface area contributed by atoms with Crippen molar-refractivity contribution in [1.82, 2.24) is 13.9 Å². The summed E-state index contributed by atoms with van der Waals surface area (Å²) in [7, 11) is 1.88. The van der Waals surface area contributed by atoms with Crippen LogP contribution in [0.3, 0.4) is 0 Å². The number of piperidine rings is 1. The number of likely N-dealkylation sites (tertiary alicyclic amines) is 1. The third-order valence-electron chi connectivity index (χ3n) is 6.78. The molecule has 0 amide bonds. The van der Waals surface area contributed by atoms with E-state index in [1.54, 1.807) is 18.2 Å². The number of hydrogen-bond acceptors (Lipinski definition) is 7. The fraction of sp³-hybridized carbons (Fsp3) is 0.600. The number of nitrogens with one attached hydrogen (secondary N) is 1. The molecule has 190 valence electrons. The highest BCUT2D eigenvalue weighted by Gasteiger charge is 2.32. The maximum Gasteiger partial charge on any atom is 0.123 e. The largest absolute Gasteiger partial charge is 0.405 e. The van der Waals surface area contributed by atoms with Gasteiger partial charge in [0.2, 0.25) is 0 Å². The lowest BCUT2D eigenvalue weighted by Gasteiger charge is -2.41. The molecule has 9 heteroatoms. The van der Waals surface area contributed by atoms with E-state index in [0.29, 0.717) is 24.9 Å². The van der Waals surface area contributed by atoms with Gasteiger partial charge in [0.15, 0.2) is 0 Å². The van der Waals surface area contributed by atoms with Crippen LogP contribution in [0.1, 0.15) is 43.6 Å². The second kappa shape index (κ2) is 13.9. The van der Waals surface area contributed by atoms with Crippen molar-refractivity contribution in [1.29, 1.82) is 0 Å². The molecule has 1 heterocycles. The molecular weight excluding hydrogens is 456 g/mol. The van der Waals surface area contributed by atoms with Gasteiger partial charge in [-0.2, -0.15) is 0 Å². The zero-order valence-corrected chi connectivity index (χ0v) is 20.9. The van der Waals surface area contributed by atoms with E-state index in [-0.39, 0.29) is 30.6 Å². The van der Waals surface area contributed by atoms with Gasteiger partial charge in [-0.15, -0.1) is 0 Å². The first-order chi connectivity index (χ1) is 16.5. The number of ether oxygens (including phenoxy) is 1. The SMILES string of the molecule is CN(CCF)SNC1CCN(/C(N)=C/C=C\N)CC1COC1CCC(c2cccc(F)c2)CC1. The lowest BCUT2D eigenvalue weighted by molar-refractivity contribution is -0.0135. The summed E-state index contributed by atoms with van der Waals surface area (Å²) in [6, 6.07) is 7.22. The maximum absolute atomic E-state index is 13.6. The number of hydrogen-bond donors (Lipinski definition) is 3. The van der Waals surface area contributed by atoms with Crippen LogP contribution in [0.2, 0.25) is 0 Å². The molecule has 2 atom stereocenters. The standard InChI is InChI=1S/C25H39F2N5OS/c1-31(15-12-26)34-30-24-11-14-32(25(29)6-3-13-28)17-21(24)18-33-23-9-7-19(8-10-23)20-4-2-5-22(27)16-20/h2-6,13,16,19,21,23-24,30H,7-12,14-15,17-18,28-29H2,1H3/b13-3-,25-6+. The van der Waals surface area contributed by atoms with Crippen molar-refractivity contribution in [2.45, 2.75) is 50.2 Å². The number of nitrogens with two attached hydrogens (primary N) is 2. The normalized spacial score (nSPS) is 26.5. The van der Waals surface area contributed by atoms with E-state index < -0.39 is 0 Å². The second-order valence-electron chi connectivity index (χ2n) is 9.19. The smallest absolute Gasteiger partial charge is 0.123 e. The average molecular weight is 496 g/mol. The molecule has 1 saturated carbocycles. The molecule has 0 spiro atoms. The van der Waals surface area contributed by atoms with Crippen molar-refractivity contribution in [2.24, 2.45) is 17.4 Å². The highest BCUT2D eigenvalue weighted by atomic mass is 32.2. The van der Waals surface area contributed by atoms with Gasteiger partial charge in [0.25, 0.3) is 0 Å². The molecule has 1 aromatic rings. The lowest BCUT2D eigenvalue weighted by atomic mass is 9.82. The van der Waals surface area contributed by atoms with Gasteiger partial charge in [-0.3, -0.25) is 0 Å². The number of benzene rings is 1. The summed E-state index contributed by atoms with van der Waals surface area (Å²) in [5.41, 5.74) is 12.8. The number of rotatable bonds is 11. The molecular formula is C25H39F2N5OS. The minimum absolute atomic E-state index is 0.165. The summed E-state index contributed by atoms with van der Waals surface area (Å²) in [6.07, 6.45) is 10.1. The molecule has 3 rings (SSSR count). The van der Waals surface area contributed by atoms with Gasteiger partial charge < -0.3 is 21.1 Å². The van der Waals surface area contributed by atoms with Gasteiger partial charge >= 0.3 is 0 Å². The van der Waals surface area contributed by atoms with Gasteiger partial charge in [0, 0.05) is 43.7 Å². The van der Waals surface area contributed by atoms with Crippen molar-refractivity contribution in [3.8, 4) is 0 Å². The fourth-order valence-corrected chi connectivity index (χ4v) is 5.54. The molecule has 1 aliphatic heterocycles. The van der Waals surface area contributed by atoms with E-state index >= 15 is 0 Å². The van der Waals surface area contributed by atoms with E-state index in [1.165, 1.54) is 24.4 Å². The Hall–Kier alpha value is -1.81. The van der Waals surface area contributed by atoms with Crippen LogP contribution in [0.5, 0.6) is 0 Å². The van der Waals surface area contributed by atoms with Gasteiger partial charge in [0.05, 0.1) is 18.5 Å². The maximum atomic E-state index is 13.6. The van der Waals surface area contributed by atoms with Crippen LogP contribution in [0.4, 0.5) is 8.78 Å². The lowest BCUT2D eigenvalue weighted by Crippen LogP contribution is -2.50. The molecule has 0 bridgehead atoms. The number of halogens is 2. The Bertz CT molecular complexity index is 803. The summed E-state index contributed by atoms with van der Waals surface area (Å²) in [4.78, 5) is 2.17. The number of alkyl halides is 1. The Labute approximate surface area is 207 Å². The summed E-state index contributed by atoms with van der Waals surface area (Å²) >= 11 is 1.46. The average Bonchev–Trinajstić information content (AvgIpc) is 2.85. The topological polar surface area (TPSA) is 79.8 Å². The first kappa shape index (κ1) is 26.8. The quantitative estimate of drug-likeness (QED) is 0.318. The molecule has 0 aromatic heterocycles. The van der Waals surface area contributed by atoms with E-state index in [0.717, 1.165) is 50.8 Å². The predicted octanol–water partition coefficient (Wildman–Crippen LogP) is 3.89. The van der Waals surface area contributed by atoms with E-state index in [2.05, 4.69) is 9.62 Å². The van der Waals surface area contributed by atoms with Gasteiger partial charge in [-0.25, -0.2) is 17.8 Å². The first-order valence-electron chi connectivity index (χ1n) is 12.2. The van der Waals surface area contributed by atoms with Crippen LogP contribution in [-0.2, 0) is 4.74 Å². The van der Waals surface area contributed by atoms with Crippen LogP contribution in [0.25, 0.3) is 0 Å². The van der Waals surface area contributed by atoms with Crippen LogP contribution in [-0.4, -0.2) is 61.3 Å². The Kier molecular flexibility index (Phi) is 11.0. The van der Waals surface area contributed by atoms with Crippen LogP contribution < -0.4 is 16.2 Å². The minimum atomic E-state index is -0.371. The molecule has 2 fully saturated rings. The third kappa shape index (κ3) is 8.15. The van der Waals surface area contributed by atoms with Crippen molar-refractivity contribution >= 4 is 12.1 Å². The second-order valence-corrected chi connectivity index (χ2v) is 10.2. The Morgan fingerprint density at radius 1 is 1.29 bits per heavy atom. The summed E-state index contributed by atoms with van der Waals surface area (Å²) < 4.78 is 38.0. The zero-order valence-electron chi connectivity index (χ0n) is 20.0. The Morgan fingerprint density at radius 3 is 2.79 bits per heavy atom. The van der Waals surface area contributed by atoms with E-state index in [9.17, 15) is 8.78 Å². The fourth-order valence-electron chi connectivity index (χ4n) is 4.76. The Balaban J connectivity index is 1.54. The molecule has 34 heavy (non-hydrogen) atoms. The molecule has 1 aliphatic carbocycles. The van der Waals surface area contributed by atoms with Gasteiger partial charge in [-0.1, -0.05) is 12.1 Å². The molecule has 1 saturated heterocycles. The van der Waals surface area contributed by atoms with Crippen molar-refractivity contribution < 1.29 is 13.5 Å². The molecule has 6 nitrogen and oxygen atoms in total. The number of allylic oxidation sites excluding steroid dienone is 2. The predicted molar refractivity (Wildman–Crippen MR) is 136 cm³/mol. The summed E-state index contributed by atoms with van der Waals surface area (Å²) in [5.74, 6) is 1.18. The minimum Gasteiger partial charge on any atom is -0.405 e. The molecule has 2 unspecified atom stereocenters. The van der Waals surface area contributed by atoms with E-state index in [1.807, 2.05) is 23.5 Å². The van der Waals surface area contributed by atoms with Crippen molar-refractivity contribution in [3.05, 3.63) is 59.8 Å².